The van der Waals surface area contributed by atoms with E-state index in [1.165, 1.54) is 0 Å². The Kier molecular flexibility index (Phi) is 5.57. The van der Waals surface area contributed by atoms with Crippen molar-refractivity contribution in [2.75, 3.05) is 25.7 Å². The van der Waals surface area contributed by atoms with Crippen molar-refractivity contribution in [1.29, 1.82) is 0 Å². The zero-order valence-electron chi connectivity index (χ0n) is 10.8. The standard InChI is InChI=1S/C10H21NO5S2/c1-17(12,13)11-7-9-3-5-10(6-4-9)8-16-18(2,14)15/h9-11H,3-8H2,1-2H3. The van der Waals surface area contributed by atoms with Gasteiger partial charge in [-0.15, -0.1) is 0 Å². The fraction of sp³-hybridized carbons (Fsp3) is 1.00. The predicted molar refractivity (Wildman–Crippen MR) is 69.1 cm³/mol. The molecule has 0 aromatic carbocycles. The Morgan fingerprint density at radius 3 is 1.94 bits per heavy atom. The summed E-state index contributed by atoms with van der Waals surface area (Å²) in [6.45, 7) is 0.712. The van der Waals surface area contributed by atoms with Crippen molar-refractivity contribution in [3.05, 3.63) is 0 Å². The van der Waals surface area contributed by atoms with Crippen LogP contribution in [-0.4, -0.2) is 42.5 Å². The van der Waals surface area contributed by atoms with Crippen molar-refractivity contribution in [2.45, 2.75) is 25.7 Å². The summed E-state index contributed by atoms with van der Waals surface area (Å²) in [5, 5.41) is 0. The summed E-state index contributed by atoms with van der Waals surface area (Å²) in [4.78, 5) is 0. The maximum absolute atomic E-state index is 11.0. The summed E-state index contributed by atoms with van der Waals surface area (Å²) in [7, 11) is -6.48. The monoisotopic (exact) mass is 299 g/mol. The quantitative estimate of drug-likeness (QED) is 0.713. The molecule has 0 amide bonds. The number of sulfonamides is 1. The van der Waals surface area contributed by atoms with Gasteiger partial charge in [0.25, 0.3) is 10.1 Å². The molecule has 0 radical (unpaired) electrons. The average molecular weight is 299 g/mol. The smallest absolute Gasteiger partial charge is 0.264 e. The molecule has 0 heterocycles. The molecule has 0 bridgehead atoms. The van der Waals surface area contributed by atoms with Gasteiger partial charge >= 0.3 is 0 Å². The molecule has 0 aromatic rings. The first-order valence-corrected chi connectivity index (χ1v) is 9.65. The second-order valence-corrected chi connectivity index (χ2v) is 8.47. The normalized spacial score (nSPS) is 26.1. The molecular weight excluding hydrogens is 278 g/mol. The van der Waals surface area contributed by atoms with Gasteiger partial charge in [0, 0.05) is 6.54 Å². The highest BCUT2D eigenvalue weighted by molar-refractivity contribution is 7.88. The van der Waals surface area contributed by atoms with Crippen molar-refractivity contribution < 1.29 is 21.0 Å². The maximum Gasteiger partial charge on any atom is 0.264 e. The van der Waals surface area contributed by atoms with Gasteiger partial charge in [0.05, 0.1) is 19.1 Å². The molecule has 1 fully saturated rings. The molecule has 0 atom stereocenters. The highest BCUT2D eigenvalue weighted by Gasteiger charge is 2.22. The molecule has 8 heteroatoms. The van der Waals surface area contributed by atoms with Crippen LogP contribution in [0.4, 0.5) is 0 Å². The minimum atomic E-state index is -3.36. The van der Waals surface area contributed by atoms with Crippen molar-refractivity contribution in [3.8, 4) is 0 Å². The van der Waals surface area contributed by atoms with Gasteiger partial charge < -0.3 is 0 Å². The molecular formula is C10H21NO5S2. The number of hydrogen-bond acceptors (Lipinski definition) is 5. The van der Waals surface area contributed by atoms with Crippen molar-refractivity contribution in [2.24, 2.45) is 11.8 Å². The lowest BCUT2D eigenvalue weighted by atomic mass is 9.82. The van der Waals surface area contributed by atoms with E-state index in [4.69, 9.17) is 4.18 Å². The van der Waals surface area contributed by atoms with E-state index in [2.05, 4.69) is 4.72 Å². The third-order valence-electron chi connectivity index (χ3n) is 3.12. The summed E-state index contributed by atoms with van der Waals surface area (Å²) >= 11 is 0. The molecule has 108 valence electrons. The fourth-order valence-electron chi connectivity index (χ4n) is 2.09. The largest absolute Gasteiger partial charge is 0.270 e. The maximum atomic E-state index is 11.0. The molecule has 0 aliphatic heterocycles. The van der Waals surface area contributed by atoms with Crippen LogP contribution in [0.3, 0.4) is 0 Å². The van der Waals surface area contributed by atoms with Gasteiger partial charge in [0.2, 0.25) is 10.0 Å². The van der Waals surface area contributed by atoms with E-state index in [9.17, 15) is 16.8 Å². The molecule has 0 spiro atoms. The van der Waals surface area contributed by atoms with Crippen LogP contribution in [0.25, 0.3) is 0 Å². The van der Waals surface area contributed by atoms with Gasteiger partial charge in [-0.05, 0) is 37.5 Å². The van der Waals surface area contributed by atoms with Gasteiger partial charge in [-0.3, -0.25) is 4.18 Å². The van der Waals surface area contributed by atoms with Crippen LogP contribution in [0.1, 0.15) is 25.7 Å². The van der Waals surface area contributed by atoms with Crippen molar-refractivity contribution in [1.82, 2.24) is 4.72 Å². The molecule has 0 saturated heterocycles. The van der Waals surface area contributed by atoms with Gasteiger partial charge in [0.1, 0.15) is 0 Å². The number of rotatable bonds is 6. The van der Waals surface area contributed by atoms with Gasteiger partial charge in [-0.2, -0.15) is 8.42 Å². The second kappa shape index (κ2) is 6.31. The lowest BCUT2D eigenvalue weighted by Gasteiger charge is -2.27. The summed E-state index contributed by atoms with van der Waals surface area (Å²) in [5.74, 6) is 0.600. The van der Waals surface area contributed by atoms with E-state index < -0.39 is 20.1 Å². The minimum Gasteiger partial charge on any atom is -0.270 e. The van der Waals surface area contributed by atoms with Crippen LogP contribution in [0.15, 0.2) is 0 Å². The molecule has 6 nitrogen and oxygen atoms in total. The molecule has 0 unspecified atom stereocenters. The molecule has 1 N–H and O–H groups in total. The zero-order valence-corrected chi connectivity index (χ0v) is 12.4. The van der Waals surface area contributed by atoms with E-state index >= 15 is 0 Å². The zero-order chi connectivity index (χ0) is 13.8. The molecule has 18 heavy (non-hydrogen) atoms. The van der Waals surface area contributed by atoms with E-state index in [0.29, 0.717) is 12.5 Å². The summed E-state index contributed by atoms with van der Waals surface area (Å²) in [5.41, 5.74) is 0. The third-order valence-corrected chi connectivity index (χ3v) is 4.37. The van der Waals surface area contributed by atoms with Crippen LogP contribution < -0.4 is 4.72 Å². The average Bonchev–Trinajstić information content (AvgIpc) is 2.23. The van der Waals surface area contributed by atoms with E-state index in [1.807, 2.05) is 0 Å². The van der Waals surface area contributed by atoms with Crippen LogP contribution in [0.5, 0.6) is 0 Å². The predicted octanol–water partition coefficient (Wildman–Crippen LogP) is 0.318. The number of nitrogens with one attached hydrogen (secondary N) is 1. The Morgan fingerprint density at radius 2 is 1.50 bits per heavy atom. The third kappa shape index (κ3) is 7.30. The van der Waals surface area contributed by atoms with Crippen LogP contribution >= 0.6 is 0 Å². The van der Waals surface area contributed by atoms with Crippen molar-refractivity contribution >= 4 is 20.1 Å². The topological polar surface area (TPSA) is 89.5 Å². The van der Waals surface area contributed by atoms with Crippen molar-refractivity contribution in [3.63, 3.8) is 0 Å². The molecule has 1 aliphatic carbocycles. The van der Waals surface area contributed by atoms with Crippen LogP contribution in [0, 0.1) is 11.8 Å². The summed E-state index contributed by atoms with van der Waals surface area (Å²) in [6.07, 6.45) is 5.77. The molecule has 1 rings (SSSR count). The van der Waals surface area contributed by atoms with Gasteiger partial charge in [-0.1, -0.05) is 0 Å². The summed E-state index contributed by atoms with van der Waals surface area (Å²) < 4.78 is 50.9. The Morgan fingerprint density at radius 1 is 1.00 bits per heavy atom. The first-order valence-electron chi connectivity index (χ1n) is 5.95. The Hall–Kier alpha value is -0.180. The lowest BCUT2D eigenvalue weighted by molar-refractivity contribution is 0.188. The molecule has 0 aromatic heterocycles. The van der Waals surface area contributed by atoms with E-state index in [0.717, 1.165) is 38.2 Å². The van der Waals surface area contributed by atoms with Gasteiger partial charge in [-0.25, -0.2) is 13.1 Å². The highest BCUT2D eigenvalue weighted by Crippen LogP contribution is 2.28. The second-order valence-electron chi connectivity index (χ2n) is 5.00. The van der Waals surface area contributed by atoms with E-state index in [-0.39, 0.29) is 12.5 Å². The van der Waals surface area contributed by atoms with Crippen LogP contribution in [-0.2, 0) is 24.3 Å². The van der Waals surface area contributed by atoms with Gasteiger partial charge in [0.15, 0.2) is 0 Å². The van der Waals surface area contributed by atoms with Crippen LogP contribution in [0.2, 0.25) is 0 Å². The Balaban J connectivity index is 2.25. The SMILES string of the molecule is CS(=O)(=O)NCC1CCC(COS(C)(=O)=O)CC1. The molecule has 1 aliphatic rings. The van der Waals surface area contributed by atoms with E-state index in [1.54, 1.807) is 0 Å². The lowest BCUT2D eigenvalue weighted by Crippen LogP contribution is -2.31. The first-order chi connectivity index (χ1) is 8.16. The Bertz CT molecular complexity index is 405. The minimum absolute atomic E-state index is 0.241. The first kappa shape index (κ1) is 15.9. The highest BCUT2D eigenvalue weighted by atomic mass is 32.2. The molecule has 1 saturated carbocycles. The number of hydrogen-bond donors (Lipinski definition) is 1. The summed E-state index contributed by atoms with van der Waals surface area (Å²) in [6, 6.07) is 0. The fourth-order valence-corrected chi connectivity index (χ4v) is 3.07. The Labute approximate surface area is 109 Å².